The Morgan fingerprint density at radius 2 is 1.75 bits per heavy atom. The number of aryl methyl sites for hydroxylation is 1. The molecule has 3 rings (SSSR count). The van der Waals surface area contributed by atoms with Crippen LogP contribution in [0.5, 0.6) is 5.75 Å². The number of unbranched alkanes of at least 4 members (excludes halogenated alkanes) is 2. The van der Waals surface area contributed by atoms with Crippen molar-refractivity contribution in [2.75, 3.05) is 5.33 Å². The van der Waals surface area contributed by atoms with Gasteiger partial charge in [-0.1, -0.05) is 58.7 Å². The van der Waals surface area contributed by atoms with Crippen LogP contribution in [0, 0.1) is 0 Å². The van der Waals surface area contributed by atoms with Gasteiger partial charge in [0.15, 0.2) is 0 Å². The lowest BCUT2D eigenvalue weighted by Crippen LogP contribution is -1.95. The van der Waals surface area contributed by atoms with Crippen LogP contribution in [0.4, 0.5) is 0 Å². The molecule has 2 aromatic rings. The maximum absolute atomic E-state index is 9.87. The van der Waals surface area contributed by atoms with E-state index in [1.165, 1.54) is 47.1 Å². The minimum atomic E-state index is 0.385. The number of phenolic OH excluding ortho intramolecular Hbond substituents is 1. The number of benzene rings is 2. The second kappa shape index (κ2) is 8.53. The fourth-order valence-electron chi connectivity index (χ4n) is 3.67. The molecule has 0 aliphatic heterocycles. The first-order chi connectivity index (χ1) is 11.8. The molecule has 0 saturated heterocycles. The normalized spacial score (nSPS) is 14.4. The molecule has 1 aliphatic carbocycles. The summed E-state index contributed by atoms with van der Waals surface area (Å²) in [4.78, 5) is 0. The van der Waals surface area contributed by atoms with Crippen molar-refractivity contribution in [2.24, 2.45) is 0 Å². The van der Waals surface area contributed by atoms with E-state index in [1.54, 1.807) is 0 Å². The SMILES string of the molecule is Oc1ccc2c(c1)CCCC(c1ccccc1)=C2CCCCCBr. The first-order valence-electron chi connectivity index (χ1n) is 8.95. The van der Waals surface area contributed by atoms with Crippen molar-refractivity contribution in [3.8, 4) is 5.75 Å². The van der Waals surface area contributed by atoms with E-state index in [2.05, 4.69) is 52.3 Å². The van der Waals surface area contributed by atoms with Crippen molar-refractivity contribution in [2.45, 2.75) is 44.9 Å². The van der Waals surface area contributed by atoms with Gasteiger partial charge in [0.1, 0.15) is 5.75 Å². The maximum atomic E-state index is 9.87. The average Bonchev–Trinajstić information content (AvgIpc) is 2.78. The molecule has 0 fully saturated rings. The standard InChI is InChI=1S/C22H25BrO/c23-15-6-2-5-11-22-20(17-8-3-1-4-9-17)12-7-10-18-16-19(24)13-14-21(18)22/h1,3-4,8-9,13-14,16,24H,2,5-7,10-12,15H2. The summed E-state index contributed by atoms with van der Waals surface area (Å²) in [7, 11) is 0. The molecule has 1 N–H and O–H groups in total. The summed E-state index contributed by atoms with van der Waals surface area (Å²) >= 11 is 3.53. The van der Waals surface area contributed by atoms with Gasteiger partial charge in [-0.25, -0.2) is 0 Å². The summed E-state index contributed by atoms with van der Waals surface area (Å²) in [5, 5.41) is 11.0. The number of rotatable bonds is 6. The first-order valence-corrected chi connectivity index (χ1v) is 10.1. The largest absolute Gasteiger partial charge is 0.508 e. The third-order valence-electron chi connectivity index (χ3n) is 4.83. The molecule has 126 valence electrons. The minimum Gasteiger partial charge on any atom is -0.508 e. The zero-order valence-electron chi connectivity index (χ0n) is 14.1. The number of alkyl halides is 1. The van der Waals surface area contributed by atoms with Crippen LogP contribution < -0.4 is 0 Å². The smallest absolute Gasteiger partial charge is 0.115 e. The van der Waals surface area contributed by atoms with E-state index in [0.29, 0.717) is 5.75 Å². The molecule has 0 heterocycles. The zero-order valence-corrected chi connectivity index (χ0v) is 15.7. The second-order valence-corrected chi connectivity index (χ2v) is 7.31. The predicted molar refractivity (Wildman–Crippen MR) is 107 cm³/mol. The van der Waals surface area contributed by atoms with Gasteiger partial charge in [0.05, 0.1) is 0 Å². The molecule has 0 spiro atoms. The van der Waals surface area contributed by atoms with E-state index in [0.717, 1.165) is 31.0 Å². The fourth-order valence-corrected chi connectivity index (χ4v) is 4.06. The summed E-state index contributed by atoms with van der Waals surface area (Å²) in [6, 6.07) is 16.7. The number of phenols is 1. The van der Waals surface area contributed by atoms with Crippen molar-refractivity contribution in [3.63, 3.8) is 0 Å². The monoisotopic (exact) mass is 384 g/mol. The van der Waals surface area contributed by atoms with Crippen LogP contribution in [0.15, 0.2) is 48.5 Å². The van der Waals surface area contributed by atoms with Gasteiger partial charge in [0.25, 0.3) is 0 Å². The third kappa shape index (κ3) is 4.10. The molecule has 1 nitrogen and oxygen atoms in total. The summed E-state index contributed by atoms with van der Waals surface area (Å²) in [6.07, 6.45) is 8.14. The molecule has 0 atom stereocenters. The second-order valence-electron chi connectivity index (χ2n) is 6.52. The predicted octanol–water partition coefficient (Wildman–Crippen LogP) is 6.59. The van der Waals surface area contributed by atoms with Gasteiger partial charge in [0.2, 0.25) is 0 Å². The van der Waals surface area contributed by atoms with Crippen molar-refractivity contribution in [1.82, 2.24) is 0 Å². The molecule has 0 unspecified atom stereocenters. The Morgan fingerprint density at radius 3 is 2.54 bits per heavy atom. The van der Waals surface area contributed by atoms with E-state index < -0.39 is 0 Å². The fraction of sp³-hybridized carbons (Fsp3) is 0.364. The van der Waals surface area contributed by atoms with Gasteiger partial charge < -0.3 is 5.11 Å². The van der Waals surface area contributed by atoms with E-state index in [-0.39, 0.29) is 0 Å². The van der Waals surface area contributed by atoms with Gasteiger partial charge in [0, 0.05) is 5.33 Å². The number of aromatic hydroxyl groups is 1. The molecular formula is C22H25BrO. The van der Waals surface area contributed by atoms with Crippen LogP contribution in [0.2, 0.25) is 0 Å². The van der Waals surface area contributed by atoms with Crippen LogP contribution in [-0.2, 0) is 6.42 Å². The van der Waals surface area contributed by atoms with Crippen molar-refractivity contribution < 1.29 is 5.11 Å². The first kappa shape index (κ1) is 17.3. The third-order valence-corrected chi connectivity index (χ3v) is 5.39. The summed E-state index contributed by atoms with van der Waals surface area (Å²) < 4.78 is 0. The highest BCUT2D eigenvalue weighted by Gasteiger charge is 2.18. The van der Waals surface area contributed by atoms with Crippen LogP contribution >= 0.6 is 15.9 Å². The molecule has 2 heteroatoms. The van der Waals surface area contributed by atoms with Gasteiger partial charge >= 0.3 is 0 Å². The van der Waals surface area contributed by atoms with Gasteiger partial charge in [-0.2, -0.15) is 0 Å². The Balaban J connectivity index is 2.01. The van der Waals surface area contributed by atoms with Crippen LogP contribution in [0.25, 0.3) is 11.1 Å². The lowest BCUT2D eigenvalue weighted by molar-refractivity contribution is 0.474. The molecule has 0 radical (unpaired) electrons. The minimum absolute atomic E-state index is 0.385. The van der Waals surface area contributed by atoms with Gasteiger partial charge in [-0.15, -0.1) is 0 Å². The van der Waals surface area contributed by atoms with E-state index in [9.17, 15) is 5.11 Å². The summed E-state index contributed by atoms with van der Waals surface area (Å²) in [5.41, 5.74) is 7.00. The highest BCUT2D eigenvalue weighted by atomic mass is 79.9. The Labute approximate surface area is 153 Å². The van der Waals surface area contributed by atoms with E-state index in [4.69, 9.17) is 0 Å². The van der Waals surface area contributed by atoms with Crippen LogP contribution in [0.1, 0.15) is 55.2 Å². The Bertz CT molecular complexity index is 703. The Hall–Kier alpha value is -1.54. The lowest BCUT2D eigenvalue weighted by atomic mass is 9.89. The lowest BCUT2D eigenvalue weighted by Gasteiger charge is -2.16. The average molecular weight is 385 g/mol. The van der Waals surface area contributed by atoms with Gasteiger partial charge in [-0.05, 0) is 78.5 Å². The Kier molecular flexibility index (Phi) is 6.14. The highest BCUT2D eigenvalue weighted by molar-refractivity contribution is 9.09. The number of allylic oxidation sites excluding steroid dienone is 2. The van der Waals surface area contributed by atoms with Crippen molar-refractivity contribution >= 4 is 27.1 Å². The van der Waals surface area contributed by atoms with E-state index >= 15 is 0 Å². The topological polar surface area (TPSA) is 20.2 Å². The van der Waals surface area contributed by atoms with Gasteiger partial charge in [-0.3, -0.25) is 0 Å². The zero-order chi connectivity index (χ0) is 16.8. The number of hydrogen-bond acceptors (Lipinski definition) is 1. The molecule has 1 aliphatic rings. The Morgan fingerprint density at radius 1 is 0.917 bits per heavy atom. The molecule has 24 heavy (non-hydrogen) atoms. The quantitative estimate of drug-likeness (QED) is 0.439. The van der Waals surface area contributed by atoms with Crippen LogP contribution in [-0.4, -0.2) is 10.4 Å². The molecule has 0 bridgehead atoms. The number of hydrogen-bond donors (Lipinski definition) is 1. The van der Waals surface area contributed by atoms with Crippen molar-refractivity contribution in [1.29, 1.82) is 0 Å². The highest BCUT2D eigenvalue weighted by Crippen LogP contribution is 2.39. The molecule has 2 aromatic carbocycles. The maximum Gasteiger partial charge on any atom is 0.115 e. The van der Waals surface area contributed by atoms with E-state index in [1.807, 2.05) is 12.1 Å². The molecule has 0 aromatic heterocycles. The number of fused-ring (bicyclic) bond motifs is 1. The van der Waals surface area contributed by atoms with Crippen LogP contribution in [0.3, 0.4) is 0 Å². The number of halogens is 1. The van der Waals surface area contributed by atoms with Crippen molar-refractivity contribution in [3.05, 3.63) is 65.2 Å². The molecule has 0 amide bonds. The summed E-state index contributed by atoms with van der Waals surface area (Å²) in [6.45, 7) is 0. The molecular weight excluding hydrogens is 360 g/mol. The molecule has 0 saturated carbocycles. The summed E-state index contributed by atoms with van der Waals surface area (Å²) in [5.74, 6) is 0.385.